The molecule has 0 spiro atoms. The fourth-order valence-corrected chi connectivity index (χ4v) is 3.99. The Labute approximate surface area is 140 Å². The molecule has 1 aliphatic rings. The summed E-state index contributed by atoms with van der Waals surface area (Å²) < 4.78 is 27.7. The Morgan fingerprint density at radius 2 is 2.08 bits per heavy atom. The number of benzene rings is 1. The van der Waals surface area contributed by atoms with Gasteiger partial charge in [0.2, 0.25) is 10.0 Å². The Bertz CT molecular complexity index is 845. The number of amides is 1. The second kappa shape index (κ2) is 6.37. The van der Waals surface area contributed by atoms with E-state index in [-0.39, 0.29) is 17.6 Å². The SMILES string of the molecule is Cc1onc(-c2ccccc2)c1C(=O)N1CC[C@H](CS(N)(=O)=O)C1. The predicted molar refractivity (Wildman–Crippen MR) is 88.7 cm³/mol. The third-order valence-corrected chi connectivity index (χ3v) is 5.10. The standard InChI is InChI=1S/C16H19N3O4S/c1-11-14(15(18-23-11)13-5-3-2-4-6-13)16(20)19-8-7-12(9-19)10-24(17,21)22/h2-6,12H,7-10H2,1H3,(H2,17,21,22)/t12-/m0/s1. The summed E-state index contributed by atoms with van der Waals surface area (Å²) in [6.07, 6.45) is 0.618. The van der Waals surface area contributed by atoms with Crippen molar-refractivity contribution >= 4 is 15.9 Å². The summed E-state index contributed by atoms with van der Waals surface area (Å²) in [4.78, 5) is 14.5. The van der Waals surface area contributed by atoms with Gasteiger partial charge in [-0.2, -0.15) is 0 Å². The highest BCUT2D eigenvalue weighted by Gasteiger charge is 2.32. The highest BCUT2D eigenvalue weighted by molar-refractivity contribution is 7.89. The lowest BCUT2D eigenvalue weighted by atomic mass is 10.1. The number of carbonyl (C=O) groups excluding carboxylic acids is 1. The van der Waals surface area contributed by atoms with Gasteiger partial charge in [-0.05, 0) is 19.3 Å². The summed E-state index contributed by atoms with van der Waals surface area (Å²) >= 11 is 0. The van der Waals surface area contributed by atoms with Crippen LogP contribution < -0.4 is 5.14 Å². The number of aromatic nitrogens is 1. The summed E-state index contributed by atoms with van der Waals surface area (Å²) in [5.74, 6) is 0.0212. The minimum absolute atomic E-state index is 0.106. The second-order valence-electron chi connectivity index (χ2n) is 6.06. The lowest BCUT2D eigenvalue weighted by molar-refractivity contribution is 0.0787. The zero-order valence-corrected chi connectivity index (χ0v) is 14.1. The first-order valence-corrected chi connectivity index (χ1v) is 9.38. The maximum absolute atomic E-state index is 12.9. The van der Waals surface area contributed by atoms with Crippen LogP contribution in [0.5, 0.6) is 0 Å². The first kappa shape index (κ1) is 16.7. The van der Waals surface area contributed by atoms with Crippen LogP contribution in [0.1, 0.15) is 22.5 Å². The molecule has 7 nitrogen and oxygen atoms in total. The molecule has 1 aromatic heterocycles. The average molecular weight is 349 g/mol. The molecular weight excluding hydrogens is 330 g/mol. The largest absolute Gasteiger partial charge is 0.360 e. The van der Waals surface area contributed by atoms with Crippen molar-refractivity contribution in [1.82, 2.24) is 10.1 Å². The summed E-state index contributed by atoms with van der Waals surface area (Å²) in [6, 6.07) is 9.34. The number of sulfonamides is 1. The summed E-state index contributed by atoms with van der Waals surface area (Å²) in [5.41, 5.74) is 1.74. The second-order valence-corrected chi connectivity index (χ2v) is 7.72. The van der Waals surface area contributed by atoms with Crippen LogP contribution in [0.25, 0.3) is 11.3 Å². The molecule has 0 bridgehead atoms. The number of hydrogen-bond acceptors (Lipinski definition) is 5. The number of aryl methyl sites for hydroxylation is 1. The first-order valence-electron chi connectivity index (χ1n) is 7.66. The third-order valence-electron chi connectivity index (χ3n) is 4.16. The average Bonchev–Trinajstić information content (AvgIpc) is 3.12. The van der Waals surface area contributed by atoms with Crippen molar-refractivity contribution in [3.05, 3.63) is 41.7 Å². The van der Waals surface area contributed by atoms with E-state index < -0.39 is 10.0 Å². The van der Waals surface area contributed by atoms with E-state index >= 15 is 0 Å². The zero-order chi connectivity index (χ0) is 17.3. The van der Waals surface area contributed by atoms with Gasteiger partial charge in [-0.1, -0.05) is 35.5 Å². The molecule has 128 valence electrons. The van der Waals surface area contributed by atoms with E-state index in [4.69, 9.17) is 9.66 Å². The van der Waals surface area contributed by atoms with Crippen molar-refractivity contribution in [3.8, 4) is 11.3 Å². The van der Waals surface area contributed by atoms with Gasteiger partial charge >= 0.3 is 0 Å². The normalized spacial score (nSPS) is 18.1. The molecule has 1 amide bonds. The molecule has 24 heavy (non-hydrogen) atoms. The summed E-state index contributed by atoms with van der Waals surface area (Å²) in [5, 5.41) is 9.12. The lowest BCUT2D eigenvalue weighted by Crippen LogP contribution is -2.31. The summed E-state index contributed by atoms with van der Waals surface area (Å²) in [7, 11) is -3.54. The van der Waals surface area contributed by atoms with Crippen LogP contribution in [-0.4, -0.2) is 43.2 Å². The number of primary sulfonamides is 1. The number of hydrogen-bond donors (Lipinski definition) is 1. The van der Waals surface area contributed by atoms with E-state index in [0.29, 0.717) is 36.5 Å². The smallest absolute Gasteiger partial charge is 0.259 e. The molecule has 1 saturated heterocycles. The molecule has 3 rings (SSSR count). The van der Waals surface area contributed by atoms with Crippen molar-refractivity contribution in [2.75, 3.05) is 18.8 Å². The van der Waals surface area contributed by atoms with Crippen LogP contribution >= 0.6 is 0 Å². The molecular formula is C16H19N3O4S. The molecule has 1 aliphatic heterocycles. The van der Waals surface area contributed by atoms with E-state index in [1.54, 1.807) is 11.8 Å². The fraction of sp³-hybridized carbons (Fsp3) is 0.375. The number of rotatable bonds is 4. The number of nitrogens with zero attached hydrogens (tertiary/aromatic N) is 2. The number of likely N-dealkylation sites (tertiary alicyclic amines) is 1. The molecule has 0 saturated carbocycles. The zero-order valence-electron chi connectivity index (χ0n) is 13.3. The van der Waals surface area contributed by atoms with Gasteiger partial charge in [0.25, 0.3) is 5.91 Å². The van der Waals surface area contributed by atoms with Crippen molar-refractivity contribution in [2.24, 2.45) is 11.1 Å². The molecule has 1 atom stereocenters. The Balaban J connectivity index is 1.83. The van der Waals surface area contributed by atoms with Gasteiger partial charge in [0.1, 0.15) is 17.0 Å². The van der Waals surface area contributed by atoms with Gasteiger partial charge in [0.05, 0.1) is 5.75 Å². The van der Waals surface area contributed by atoms with E-state index in [2.05, 4.69) is 5.16 Å². The van der Waals surface area contributed by atoms with Crippen molar-refractivity contribution < 1.29 is 17.7 Å². The minimum Gasteiger partial charge on any atom is -0.360 e. The Morgan fingerprint density at radius 1 is 1.38 bits per heavy atom. The van der Waals surface area contributed by atoms with Crippen molar-refractivity contribution in [2.45, 2.75) is 13.3 Å². The topological polar surface area (TPSA) is 106 Å². The Morgan fingerprint density at radius 3 is 2.75 bits per heavy atom. The number of carbonyl (C=O) groups is 1. The third kappa shape index (κ3) is 3.49. The van der Waals surface area contributed by atoms with Crippen LogP contribution in [0.4, 0.5) is 0 Å². The van der Waals surface area contributed by atoms with E-state index in [1.807, 2.05) is 30.3 Å². The van der Waals surface area contributed by atoms with Gasteiger partial charge < -0.3 is 9.42 Å². The van der Waals surface area contributed by atoms with Crippen LogP contribution in [0.3, 0.4) is 0 Å². The highest BCUT2D eigenvalue weighted by atomic mass is 32.2. The van der Waals surface area contributed by atoms with Crippen LogP contribution in [0.15, 0.2) is 34.9 Å². The maximum atomic E-state index is 12.9. The molecule has 0 unspecified atom stereocenters. The highest BCUT2D eigenvalue weighted by Crippen LogP contribution is 2.28. The monoisotopic (exact) mass is 349 g/mol. The molecule has 2 aromatic rings. The van der Waals surface area contributed by atoms with E-state index in [0.717, 1.165) is 5.56 Å². The number of nitrogens with two attached hydrogens (primary N) is 1. The predicted octanol–water partition coefficient (Wildman–Crippen LogP) is 1.40. The van der Waals surface area contributed by atoms with Crippen LogP contribution in [-0.2, 0) is 10.0 Å². The Kier molecular flexibility index (Phi) is 4.42. The van der Waals surface area contributed by atoms with Gasteiger partial charge in [-0.25, -0.2) is 13.6 Å². The molecule has 8 heteroatoms. The van der Waals surface area contributed by atoms with Crippen molar-refractivity contribution in [3.63, 3.8) is 0 Å². The van der Waals surface area contributed by atoms with Gasteiger partial charge in [-0.15, -0.1) is 0 Å². The fourth-order valence-electron chi connectivity index (χ4n) is 3.06. The lowest BCUT2D eigenvalue weighted by Gasteiger charge is -2.16. The minimum atomic E-state index is -3.54. The van der Waals surface area contributed by atoms with Gasteiger partial charge in [0, 0.05) is 18.7 Å². The summed E-state index contributed by atoms with van der Waals surface area (Å²) in [6.45, 7) is 2.57. The molecule has 2 N–H and O–H groups in total. The van der Waals surface area contributed by atoms with E-state index in [9.17, 15) is 13.2 Å². The molecule has 1 aromatic carbocycles. The van der Waals surface area contributed by atoms with Crippen LogP contribution in [0.2, 0.25) is 0 Å². The molecule has 0 aliphatic carbocycles. The first-order chi connectivity index (χ1) is 11.3. The van der Waals surface area contributed by atoms with Crippen molar-refractivity contribution in [1.29, 1.82) is 0 Å². The van der Waals surface area contributed by atoms with Gasteiger partial charge in [-0.3, -0.25) is 4.79 Å². The molecule has 1 fully saturated rings. The van der Waals surface area contributed by atoms with Crippen LogP contribution in [0, 0.1) is 12.8 Å². The molecule has 0 radical (unpaired) electrons. The maximum Gasteiger partial charge on any atom is 0.259 e. The van der Waals surface area contributed by atoms with E-state index in [1.165, 1.54) is 0 Å². The molecule has 2 heterocycles. The van der Waals surface area contributed by atoms with Gasteiger partial charge in [0.15, 0.2) is 0 Å². The quantitative estimate of drug-likeness (QED) is 0.898. The Hall–Kier alpha value is -2.19.